The Labute approximate surface area is 120 Å². The molecule has 0 amide bonds. The summed E-state index contributed by atoms with van der Waals surface area (Å²) < 4.78 is 4.79. The average Bonchev–Trinajstić information content (AvgIpc) is 2.48. The van der Waals surface area contributed by atoms with Crippen molar-refractivity contribution in [3.05, 3.63) is 59.7 Å². The van der Waals surface area contributed by atoms with Gasteiger partial charge in [-0.25, -0.2) is 4.79 Å². The fourth-order valence-electron chi connectivity index (χ4n) is 1.46. The number of rotatable bonds is 3. The molecule has 0 aliphatic rings. The summed E-state index contributed by atoms with van der Waals surface area (Å²) >= 11 is 0. The topological polar surface area (TPSA) is 110 Å². The van der Waals surface area contributed by atoms with Gasteiger partial charge in [-0.15, -0.1) is 0 Å². The van der Waals surface area contributed by atoms with E-state index in [4.69, 9.17) is 9.84 Å². The van der Waals surface area contributed by atoms with E-state index in [-0.39, 0.29) is 11.1 Å². The highest BCUT2D eigenvalue weighted by Gasteiger charge is 2.00. The van der Waals surface area contributed by atoms with E-state index >= 15 is 0 Å². The van der Waals surface area contributed by atoms with Crippen molar-refractivity contribution in [3.63, 3.8) is 0 Å². The summed E-state index contributed by atoms with van der Waals surface area (Å²) in [6, 6.07) is 11.9. The maximum absolute atomic E-state index is 10.7. The van der Waals surface area contributed by atoms with Gasteiger partial charge >= 0.3 is 5.97 Å². The second-order valence-electron chi connectivity index (χ2n) is 3.79. The van der Waals surface area contributed by atoms with Gasteiger partial charge < -0.3 is 24.9 Å². The lowest BCUT2D eigenvalue weighted by atomic mass is 10.2. The highest BCUT2D eigenvalue weighted by Crippen LogP contribution is 2.15. The lowest BCUT2D eigenvalue weighted by molar-refractivity contribution is -0.268. The molecule has 110 valence electrons. The number of para-hydroxylation sites is 2. The second kappa shape index (κ2) is 7.54. The third kappa shape index (κ3) is 4.54. The zero-order valence-electron chi connectivity index (χ0n) is 11.1. The minimum atomic E-state index is -1.22. The van der Waals surface area contributed by atoms with E-state index < -0.39 is 17.7 Å². The highest BCUT2D eigenvalue weighted by molar-refractivity contribution is 5.90. The van der Waals surface area contributed by atoms with Gasteiger partial charge in [0.05, 0.1) is 18.6 Å². The first-order valence-electron chi connectivity index (χ1n) is 5.81. The highest BCUT2D eigenvalue weighted by atomic mass is 16.5. The summed E-state index contributed by atoms with van der Waals surface area (Å²) in [5.74, 6) is -2.52. The molecule has 0 atom stereocenters. The molecule has 0 fully saturated rings. The predicted molar refractivity (Wildman–Crippen MR) is 70.2 cm³/mol. The van der Waals surface area contributed by atoms with Gasteiger partial charge in [0, 0.05) is 5.56 Å². The molecule has 0 spiro atoms. The van der Waals surface area contributed by atoms with Gasteiger partial charge in [0.25, 0.3) is 0 Å². The van der Waals surface area contributed by atoms with Crippen LogP contribution in [0.3, 0.4) is 0 Å². The van der Waals surface area contributed by atoms with Crippen molar-refractivity contribution >= 4 is 11.9 Å². The molecule has 0 saturated heterocycles. The fourth-order valence-corrected chi connectivity index (χ4v) is 1.46. The van der Waals surface area contributed by atoms with Gasteiger partial charge in [-0.2, -0.15) is 0 Å². The first-order chi connectivity index (χ1) is 9.97. The van der Waals surface area contributed by atoms with Crippen molar-refractivity contribution < 1.29 is 29.6 Å². The fraction of sp³-hybridized carbons (Fsp3) is 0.0667. The molecule has 0 aliphatic heterocycles. The van der Waals surface area contributed by atoms with Crippen LogP contribution < -0.4 is 14.9 Å². The summed E-state index contributed by atoms with van der Waals surface area (Å²) in [6.45, 7) is 0. The van der Waals surface area contributed by atoms with E-state index in [0.29, 0.717) is 5.75 Å². The van der Waals surface area contributed by atoms with E-state index in [9.17, 15) is 19.8 Å². The number of methoxy groups -OCH3 is 1. The number of carboxylic acids is 2. The average molecular weight is 288 g/mol. The SMILES string of the molecule is COc1ccccc1C(=O)[O-].O=C(O)c1ccccc1[O-]. The standard InChI is InChI=1S/C8H8O3.C7H6O3/c1-11-7-5-3-2-4-6(7)8(9)10;8-6-4-2-1-3-5(6)7(9)10/h2-5H,1H3,(H,9,10);1-4,8H,(H,9,10)/p-2. The van der Waals surface area contributed by atoms with Crippen molar-refractivity contribution in [2.24, 2.45) is 0 Å². The summed E-state index contributed by atoms with van der Waals surface area (Å²) in [5.41, 5.74) is -0.0995. The monoisotopic (exact) mass is 288 g/mol. The lowest BCUT2D eigenvalue weighted by Crippen LogP contribution is -2.22. The molecule has 2 aromatic rings. The summed E-state index contributed by atoms with van der Waals surface area (Å²) in [7, 11) is 1.42. The summed E-state index contributed by atoms with van der Waals surface area (Å²) in [6.07, 6.45) is 0. The van der Waals surface area contributed by atoms with Crippen molar-refractivity contribution in [2.75, 3.05) is 7.11 Å². The van der Waals surface area contributed by atoms with Crippen LogP contribution in [0.15, 0.2) is 48.5 Å². The van der Waals surface area contributed by atoms with Crippen molar-refractivity contribution in [3.8, 4) is 11.5 Å². The van der Waals surface area contributed by atoms with E-state index in [1.807, 2.05) is 0 Å². The first kappa shape index (κ1) is 16.0. The van der Waals surface area contributed by atoms with E-state index in [2.05, 4.69) is 0 Å². The third-order valence-corrected chi connectivity index (χ3v) is 2.44. The van der Waals surface area contributed by atoms with Crippen LogP contribution in [0.4, 0.5) is 0 Å². The zero-order valence-corrected chi connectivity index (χ0v) is 11.1. The number of carbonyl (C=O) groups excluding carboxylic acids is 1. The van der Waals surface area contributed by atoms with Crippen LogP contribution in [0, 0.1) is 0 Å². The van der Waals surface area contributed by atoms with Crippen LogP contribution in [0.5, 0.6) is 11.5 Å². The molecule has 0 aromatic heterocycles. The van der Waals surface area contributed by atoms with Crippen LogP contribution in [0.25, 0.3) is 0 Å². The Balaban J connectivity index is 0.000000211. The van der Waals surface area contributed by atoms with E-state index in [0.717, 1.165) is 0 Å². The van der Waals surface area contributed by atoms with Gasteiger partial charge in [0.2, 0.25) is 0 Å². The number of hydrogen-bond donors (Lipinski definition) is 1. The molecule has 0 bridgehead atoms. The molecule has 21 heavy (non-hydrogen) atoms. The molecule has 2 aromatic carbocycles. The predicted octanol–water partition coefficient (Wildman–Crippen LogP) is 0.517. The Kier molecular flexibility index (Phi) is 5.76. The minimum Gasteiger partial charge on any atom is -0.872 e. The van der Waals surface area contributed by atoms with Gasteiger partial charge in [-0.05, 0) is 18.2 Å². The molecule has 1 N–H and O–H groups in total. The quantitative estimate of drug-likeness (QED) is 0.881. The molecule has 0 radical (unpaired) electrons. The number of benzene rings is 2. The van der Waals surface area contributed by atoms with Gasteiger partial charge in [0.15, 0.2) is 0 Å². The molecular formula is C15H12O6-2. The number of carbonyl (C=O) groups is 2. The maximum atomic E-state index is 10.7. The zero-order chi connectivity index (χ0) is 15.8. The Morgan fingerprint density at radius 1 is 1.00 bits per heavy atom. The summed E-state index contributed by atoms with van der Waals surface area (Å²) in [5, 5.41) is 29.4. The Hall–Kier alpha value is -3.02. The Morgan fingerprint density at radius 2 is 1.52 bits per heavy atom. The number of ether oxygens (including phenoxy) is 1. The third-order valence-electron chi connectivity index (χ3n) is 2.44. The molecule has 6 heteroatoms. The van der Waals surface area contributed by atoms with Crippen LogP contribution in [-0.2, 0) is 0 Å². The van der Waals surface area contributed by atoms with E-state index in [1.165, 1.54) is 37.4 Å². The number of carboxylic acid groups (broad SMARTS) is 2. The smallest absolute Gasteiger partial charge is 0.335 e. The van der Waals surface area contributed by atoms with Crippen LogP contribution in [0.1, 0.15) is 20.7 Å². The van der Waals surface area contributed by atoms with Gasteiger partial charge in [-0.3, -0.25) is 0 Å². The molecule has 0 heterocycles. The lowest BCUT2D eigenvalue weighted by Gasteiger charge is -2.07. The molecule has 0 saturated carbocycles. The first-order valence-corrected chi connectivity index (χ1v) is 5.81. The molecule has 6 nitrogen and oxygen atoms in total. The van der Waals surface area contributed by atoms with Gasteiger partial charge in [-0.1, -0.05) is 36.1 Å². The normalized spacial score (nSPS) is 9.19. The maximum Gasteiger partial charge on any atom is 0.335 e. The Morgan fingerprint density at radius 3 is 1.90 bits per heavy atom. The van der Waals surface area contributed by atoms with E-state index in [1.54, 1.807) is 18.2 Å². The largest absolute Gasteiger partial charge is 0.872 e. The number of hydrogen-bond acceptors (Lipinski definition) is 5. The molecule has 0 unspecified atom stereocenters. The molecule has 2 rings (SSSR count). The Bertz CT molecular complexity index is 636. The van der Waals surface area contributed by atoms with Crippen molar-refractivity contribution in [2.45, 2.75) is 0 Å². The molecular weight excluding hydrogens is 276 g/mol. The van der Waals surface area contributed by atoms with Gasteiger partial charge in [0.1, 0.15) is 5.75 Å². The van der Waals surface area contributed by atoms with Crippen molar-refractivity contribution in [1.82, 2.24) is 0 Å². The van der Waals surface area contributed by atoms with Crippen molar-refractivity contribution in [1.29, 1.82) is 0 Å². The number of aromatic carboxylic acids is 2. The molecule has 0 aliphatic carbocycles. The second-order valence-corrected chi connectivity index (χ2v) is 3.79. The minimum absolute atomic E-state index is 0.0787. The van der Waals surface area contributed by atoms with Crippen LogP contribution in [-0.4, -0.2) is 24.2 Å². The van der Waals surface area contributed by atoms with Crippen LogP contribution >= 0.6 is 0 Å². The summed E-state index contributed by atoms with van der Waals surface area (Å²) in [4.78, 5) is 20.6. The van der Waals surface area contributed by atoms with Crippen LogP contribution in [0.2, 0.25) is 0 Å².